The quantitative estimate of drug-likeness (QED) is 0.291. The summed E-state index contributed by atoms with van der Waals surface area (Å²) in [6.07, 6.45) is 0.259. The van der Waals surface area contributed by atoms with E-state index < -0.39 is 59.9 Å². The summed E-state index contributed by atoms with van der Waals surface area (Å²) < 4.78 is 24.9. The monoisotopic (exact) mass is 703 g/mol. The zero-order valence-electron chi connectivity index (χ0n) is 29.4. The van der Waals surface area contributed by atoms with Gasteiger partial charge >= 0.3 is 0 Å². The number of halogens is 1. The molecule has 12 nitrogen and oxygen atoms in total. The second kappa shape index (κ2) is 18.5. The van der Waals surface area contributed by atoms with Gasteiger partial charge in [0, 0.05) is 14.1 Å². The second-order valence-corrected chi connectivity index (χ2v) is 12.9. The number of likely N-dealkylation sites (N-methyl/N-ethyl adjacent to an activating group) is 2. The second-order valence-electron chi connectivity index (χ2n) is 12.9. The molecule has 3 N–H and O–H groups in total. The molecule has 1 aliphatic rings. The summed E-state index contributed by atoms with van der Waals surface area (Å²) in [6.45, 7) is 3.63. The summed E-state index contributed by atoms with van der Waals surface area (Å²) in [5.74, 6) is -2.51. The molecule has 0 aliphatic carbocycles. The molecule has 4 rings (SSSR count). The van der Waals surface area contributed by atoms with Crippen LogP contribution < -0.4 is 25.4 Å². The van der Waals surface area contributed by atoms with Crippen molar-refractivity contribution in [2.24, 2.45) is 5.92 Å². The van der Waals surface area contributed by atoms with Gasteiger partial charge in [-0.05, 0) is 60.7 Å². The maximum Gasteiger partial charge on any atom is 0.255 e. The number of para-hydroxylation sites is 1. The summed E-state index contributed by atoms with van der Waals surface area (Å²) in [7, 11) is 2.98. The van der Waals surface area contributed by atoms with E-state index in [2.05, 4.69) is 16.0 Å². The number of carbonyl (C=O) groups is 5. The number of carbonyl (C=O) groups excluding carboxylic acids is 5. The topological polar surface area (TPSA) is 146 Å². The number of benzene rings is 3. The minimum atomic E-state index is -1.33. The van der Waals surface area contributed by atoms with Gasteiger partial charge in [-0.3, -0.25) is 24.0 Å². The molecule has 51 heavy (non-hydrogen) atoms. The lowest BCUT2D eigenvalue weighted by Gasteiger charge is -2.32. The van der Waals surface area contributed by atoms with E-state index in [1.807, 2.05) is 44.2 Å². The van der Waals surface area contributed by atoms with Gasteiger partial charge in [0.2, 0.25) is 23.6 Å². The molecule has 0 saturated heterocycles. The molecule has 13 heteroatoms. The van der Waals surface area contributed by atoms with E-state index >= 15 is 0 Å². The zero-order chi connectivity index (χ0) is 36.9. The van der Waals surface area contributed by atoms with E-state index in [0.29, 0.717) is 18.6 Å². The van der Waals surface area contributed by atoms with Gasteiger partial charge in [-0.1, -0.05) is 56.3 Å². The molecular formula is C38H46FN5O7. The molecule has 0 saturated carbocycles. The lowest BCUT2D eigenvalue weighted by atomic mass is 10.0. The van der Waals surface area contributed by atoms with Crippen LogP contribution in [-0.4, -0.2) is 97.9 Å². The Morgan fingerprint density at radius 3 is 2.35 bits per heavy atom. The highest BCUT2D eigenvalue weighted by molar-refractivity contribution is 6.01. The van der Waals surface area contributed by atoms with Gasteiger partial charge in [-0.25, -0.2) is 4.39 Å². The summed E-state index contributed by atoms with van der Waals surface area (Å²) >= 11 is 0. The van der Waals surface area contributed by atoms with Gasteiger partial charge in [-0.15, -0.1) is 0 Å². The number of hydrogen-bond acceptors (Lipinski definition) is 7. The molecule has 0 bridgehead atoms. The van der Waals surface area contributed by atoms with Gasteiger partial charge in [0.15, 0.2) is 0 Å². The molecule has 0 spiro atoms. The highest BCUT2D eigenvalue weighted by Gasteiger charge is 2.34. The largest absolute Gasteiger partial charge is 0.492 e. The van der Waals surface area contributed by atoms with Crippen molar-refractivity contribution in [2.45, 2.75) is 51.2 Å². The van der Waals surface area contributed by atoms with Crippen LogP contribution in [0.1, 0.15) is 42.6 Å². The predicted molar refractivity (Wildman–Crippen MR) is 188 cm³/mol. The van der Waals surface area contributed by atoms with E-state index in [1.165, 1.54) is 54.2 Å². The predicted octanol–water partition coefficient (Wildman–Crippen LogP) is 2.96. The fraction of sp³-hybridized carbons (Fsp3) is 0.395. The van der Waals surface area contributed by atoms with Crippen molar-refractivity contribution in [2.75, 3.05) is 40.4 Å². The van der Waals surface area contributed by atoms with Crippen LogP contribution in [0.2, 0.25) is 0 Å². The minimum Gasteiger partial charge on any atom is -0.492 e. The maximum absolute atomic E-state index is 13.8. The lowest BCUT2D eigenvalue weighted by Crippen LogP contribution is -2.54. The third-order valence-corrected chi connectivity index (χ3v) is 8.34. The normalized spacial score (nSPS) is 19.4. The van der Waals surface area contributed by atoms with Crippen molar-refractivity contribution in [3.63, 3.8) is 0 Å². The lowest BCUT2D eigenvalue weighted by molar-refractivity contribution is -0.146. The van der Waals surface area contributed by atoms with Crippen LogP contribution in [0.4, 0.5) is 4.39 Å². The Bertz CT molecular complexity index is 1650. The van der Waals surface area contributed by atoms with Gasteiger partial charge in [0.1, 0.15) is 42.6 Å². The van der Waals surface area contributed by atoms with E-state index in [-0.39, 0.29) is 43.5 Å². The van der Waals surface area contributed by atoms with Crippen molar-refractivity contribution >= 4 is 29.5 Å². The summed E-state index contributed by atoms with van der Waals surface area (Å²) in [5, 5.41) is 8.35. The first-order chi connectivity index (χ1) is 24.4. The third kappa shape index (κ3) is 11.5. The Balaban J connectivity index is 1.62. The Hall–Kier alpha value is -5.46. The van der Waals surface area contributed by atoms with Crippen LogP contribution in [0.5, 0.6) is 11.5 Å². The first kappa shape index (κ1) is 38.3. The van der Waals surface area contributed by atoms with E-state index in [0.717, 1.165) is 5.56 Å². The third-order valence-electron chi connectivity index (χ3n) is 8.34. The van der Waals surface area contributed by atoms with E-state index in [4.69, 9.17) is 9.47 Å². The van der Waals surface area contributed by atoms with Gasteiger partial charge in [-0.2, -0.15) is 0 Å². The maximum atomic E-state index is 13.8. The van der Waals surface area contributed by atoms with Crippen molar-refractivity contribution in [3.05, 3.63) is 95.8 Å². The molecule has 272 valence electrons. The van der Waals surface area contributed by atoms with E-state index in [1.54, 1.807) is 18.2 Å². The number of hydrogen-bond donors (Lipinski definition) is 3. The van der Waals surface area contributed by atoms with Gasteiger partial charge in [0.05, 0.1) is 31.1 Å². The van der Waals surface area contributed by atoms with Crippen LogP contribution in [0, 0.1) is 11.7 Å². The number of amides is 5. The SMILES string of the molecule is CC(C)C[C@H]1C(=O)N(C)CC(=O)N[C@H](Cc2ccccc2)COc2ccccc2C(=O)N[C@H](C(=O)NCCOc2ccc(F)cc2)CC(=O)N1C. The highest BCUT2D eigenvalue weighted by Crippen LogP contribution is 2.20. The van der Waals surface area contributed by atoms with Crippen LogP contribution in [0.15, 0.2) is 78.9 Å². The molecule has 1 aliphatic heterocycles. The molecule has 5 amide bonds. The number of fused-ring (bicyclic) bond motifs is 1. The van der Waals surface area contributed by atoms with Gasteiger partial charge < -0.3 is 35.2 Å². The molecule has 0 fully saturated rings. The van der Waals surface area contributed by atoms with Gasteiger partial charge in [0.25, 0.3) is 5.91 Å². The standard InChI is InChI=1S/C38H46FN5O7/c1-25(2)20-32-38(49)43(3)23-34(45)41-28(21-26-10-6-5-7-11-26)24-51-33-13-9-8-12-30(33)36(47)42-31(22-35(46)44(32)4)37(48)40-18-19-50-29-16-14-27(39)15-17-29/h5-17,25,28,31-32H,18-24H2,1-4H3,(H,40,48)(H,41,45)(H,42,47)/t28-,31+,32+/m1/s1. The first-order valence-corrected chi connectivity index (χ1v) is 16.9. The van der Waals surface area contributed by atoms with Crippen LogP contribution in [0.25, 0.3) is 0 Å². The van der Waals surface area contributed by atoms with Crippen LogP contribution in [0.3, 0.4) is 0 Å². The summed E-state index contributed by atoms with van der Waals surface area (Å²) in [5.41, 5.74) is 1.07. The molecule has 3 aromatic carbocycles. The highest BCUT2D eigenvalue weighted by atomic mass is 19.1. The first-order valence-electron chi connectivity index (χ1n) is 16.9. The fourth-order valence-electron chi connectivity index (χ4n) is 5.65. The Kier molecular flexibility index (Phi) is 13.9. The fourth-order valence-corrected chi connectivity index (χ4v) is 5.65. The van der Waals surface area contributed by atoms with Crippen molar-refractivity contribution in [3.8, 4) is 11.5 Å². The molecule has 0 aromatic heterocycles. The average Bonchev–Trinajstić information content (AvgIpc) is 3.11. The minimum absolute atomic E-state index is 0.00223. The van der Waals surface area contributed by atoms with Crippen molar-refractivity contribution in [1.29, 1.82) is 0 Å². The zero-order valence-corrected chi connectivity index (χ0v) is 29.4. The van der Waals surface area contributed by atoms with Crippen LogP contribution in [-0.2, 0) is 25.6 Å². The Labute approximate surface area is 297 Å². The Morgan fingerprint density at radius 1 is 0.961 bits per heavy atom. The number of nitrogens with zero attached hydrogens (tertiary/aromatic N) is 2. The van der Waals surface area contributed by atoms with Crippen molar-refractivity contribution < 1.29 is 37.8 Å². The van der Waals surface area contributed by atoms with Crippen molar-refractivity contribution in [1.82, 2.24) is 25.8 Å². The molecular weight excluding hydrogens is 657 g/mol. The molecule has 3 aromatic rings. The summed E-state index contributed by atoms with van der Waals surface area (Å²) in [6, 6.07) is 18.6. The number of rotatable bonds is 9. The Morgan fingerprint density at radius 2 is 1.65 bits per heavy atom. The molecule has 0 radical (unpaired) electrons. The number of ether oxygens (including phenoxy) is 2. The summed E-state index contributed by atoms with van der Waals surface area (Å²) in [4.78, 5) is 70.7. The molecule has 0 unspecified atom stereocenters. The van der Waals surface area contributed by atoms with E-state index in [9.17, 15) is 28.4 Å². The average molecular weight is 704 g/mol. The number of nitrogens with one attached hydrogen (secondary N) is 3. The molecule has 3 atom stereocenters. The molecule has 1 heterocycles. The smallest absolute Gasteiger partial charge is 0.255 e. The van der Waals surface area contributed by atoms with Crippen LogP contribution >= 0.6 is 0 Å².